The van der Waals surface area contributed by atoms with Crippen molar-refractivity contribution in [2.75, 3.05) is 11.3 Å². The molecule has 0 fully saturated rings. The van der Waals surface area contributed by atoms with E-state index in [1.54, 1.807) is 11.4 Å². The van der Waals surface area contributed by atoms with E-state index in [1.165, 1.54) is 55.7 Å². The number of anilines is 1. The van der Waals surface area contributed by atoms with Crippen molar-refractivity contribution in [3.8, 4) is 0 Å². The maximum absolute atomic E-state index is 12.3. The molecule has 1 aliphatic carbocycles. The predicted molar refractivity (Wildman–Crippen MR) is 121 cm³/mol. The topological polar surface area (TPSA) is 102 Å². The molecule has 0 bridgehead atoms. The number of nitrogens with one attached hydrogen (secondary N) is 2. The van der Waals surface area contributed by atoms with E-state index in [1.807, 2.05) is 0 Å². The summed E-state index contributed by atoms with van der Waals surface area (Å²) in [6, 6.07) is 9.03. The largest absolute Gasteiger partial charge is 0.449 e. The van der Waals surface area contributed by atoms with Crippen molar-refractivity contribution in [3.63, 3.8) is 0 Å². The molecule has 1 aromatic carbocycles. The normalized spacial score (nSPS) is 14.9. The van der Waals surface area contributed by atoms with Crippen molar-refractivity contribution < 1.29 is 22.7 Å². The molecule has 7 nitrogen and oxygen atoms in total. The van der Waals surface area contributed by atoms with Gasteiger partial charge in [-0.25, -0.2) is 13.2 Å². The summed E-state index contributed by atoms with van der Waals surface area (Å²) in [4.78, 5) is 24.5. The summed E-state index contributed by atoms with van der Waals surface area (Å²) in [6.45, 7) is 2.04. The molecule has 1 aliphatic rings. The lowest BCUT2D eigenvalue weighted by Crippen LogP contribution is -2.36. The lowest BCUT2D eigenvalue weighted by Gasteiger charge is -2.16. The minimum atomic E-state index is -3.66. The highest BCUT2D eigenvalue weighted by atomic mass is 32.2. The minimum Gasteiger partial charge on any atom is -0.449 e. The SMILES string of the molecule is C[C@H](OC(=O)c1ccc(NS(=O)(=O)c2cccs2)cc1)C(=O)NCCC1=CCCCC1. The molecular formula is C22H26N2O5S2. The quantitative estimate of drug-likeness (QED) is 0.432. The van der Waals surface area contributed by atoms with E-state index < -0.39 is 22.1 Å². The van der Waals surface area contributed by atoms with E-state index in [9.17, 15) is 18.0 Å². The third-order valence-electron chi connectivity index (χ3n) is 4.92. The lowest BCUT2D eigenvalue weighted by molar-refractivity contribution is -0.129. The van der Waals surface area contributed by atoms with E-state index in [0.717, 1.165) is 30.6 Å². The van der Waals surface area contributed by atoms with Crippen LogP contribution in [0.15, 0.2) is 57.6 Å². The molecule has 9 heteroatoms. The van der Waals surface area contributed by atoms with Gasteiger partial charge in [0, 0.05) is 12.2 Å². The highest BCUT2D eigenvalue weighted by Crippen LogP contribution is 2.21. The Bertz CT molecular complexity index is 1030. The van der Waals surface area contributed by atoms with Gasteiger partial charge in [0.15, 0.2) is 6.10 Å². The van der Waals surface area contributed by atoms with Crippen LogP contribution in [0.1, 0.15) is 49.4 Å². The number of allylic oxidation sites excluding steroid dienone is 1. The fourth-order valence-corrected chi connectivity index (χ4v) is 5.25. The Morgan fingerprint density at radius 3 is 2.58 bits per heavy atom. The fourth-order valence-electron chi connectivity index (χ4n) is 3.20. The van der Waals surface area contributed by atoms with Gasteiger partial charge < -0.3 is 10.1 Å². The van der Waals surface area contributed by atoms with Crippen molar-refractivity contribution >= 4 is 38.9 Å². The first-order valence-electron chi connectivity index (χ1n) is 10.2. The van der Waals surface area contributed by atoms with Gasteiger partial charge in [-0.3, -0.25) is 9.52 Å². The predicted octanol–water partition coefficient (Wildman–Crippen LogP) is 4.10. The first-order valence-corrected chi connectivity index (χ1v) is 12.5. The second-order valence-electron chi connectivity index (χ2n) is 7.31. The maximum Gasteiger partial charge on any atom is 0.338 e. The fraction of sp³-hybridized carbons (Fsp3) is 0.364. The van der Waals surface area contributed by atoms with Crippen molar-refractivity contribution in [3.05, 3.63) is 59.0 Å². The zero-order chi connectivity index (χ0) is 22.3. The first kappa shape index (κ1) is 23.0. The number of carbonyl (C=O) groups excluding carboxylic acids is 2. The standard InChI is InChI=1S/C22H26N2O5S2/c1-16(21(25)23-14-13-17-6-3-2-4-7-17)29-22(26)18-9-11-19(12-10-18)24-31(27,28)20-8-5-15-30-20/h5-6,8-12,15-16,24H,2-4,7,13-14H2,1H3,(H,23,25)/t16-/m0/s1. The number of amides is 1. The molecule has 2 aromatic rings. The molecule has 1 amide bonds. The van der Waals surface area contributed by atoms with Gasteiger partial charge in [-0.05, 0) is 74.7 Å². The maximum atomic E-state index is 12.3. The van der Waals surface area contributed by atoms with Crippen molar-refractivity contribution in [1.82, 2.24) is 5.32 Å². The van der Waals surface area contributed by atoms with Crippen LogP contribution in [-0.4, -0.2) is 32.9 Å². The van der Waals surface area contributed by atoms with E-state index in [0.29, 0.717) is 12.2 Å². The van der Waals surface area contributed by atoms with Gasteiger partial charge in [-0.1, -0.05) is 17.7 Å². The molecule has 1 atom stereocenters. The summed E-state index contributed by atoms with van der Waals surface area (Å²) >= 11 is 1.11. The Balaban J connectivity index is 1.48. The van der Waals surface area contributed by atoms with Crippen LogP contribution in [0.2, 0.25) is 0 Å². The van der Waals surface area contributed by atoms with Crippen LogP contribution >= 0.6 is 11.3 Å². The highest BCUT2D eigenvalue weighted by Gasteiger charge is 2.19. The number of benzene rings is 1. The van der Waals surface area contributed by atoms with Gasteiger partial charge >= 0.3 is 5.97 Å². The third-order valence-corrected chi connectivity index (χ3v) is 7.69. The molecule has 0 aliphatic heterocycles. The summed E-state index contributed by atoms with van der Waals surface area (Å²) in [7, 11) is -3.66. The first-order chi connectivity index (χ1) is 14.8. The Hall–Kier alpha value is -2.65. The highest BCUT2D eigenvalue weighted by molar-refractivity contribution is 7.94. The second-order valence-corrected chi connectivity index (χ2v) is 10.2. The second kappa shape index (κ2) is 10.6. The van der Waals surface area contributed by atoms with Crippen LogP contribution in [0.3, 0.4) is 0 Å². The number of carbonyl (C=O) groups is 2. The van der Waals surface area contributed by atoms with Crippen LogP contribution in [0, 0.1) is 0 Å². The molecule has 166 valence electrons. The van der Waals surface area contributed by atoms with E-state index in [4.69, 9.17) is 4.74 Å². The number of hydrogen-bond donors (Lipinski definition) is 2. The van der Waals surface area contributed by atoms with Crippen molar-refractivity contribution in [2.45, 2.75) is 49.3 Å². The number of esters is 1. The number of ether oxygens (including phenoxy) is 1. The molecule has 0 spiro atoms. The van der Waals surface area contributed by atoms with Gasteiger partial charge in [0.05, 0.1) is 5.56 Å². The average molecular weight is 463 g/mol. The van der Waals surface area contributed by atoms with Gasteiger partial charge in [0.25, 0.3) is 15.9 Å². The van der Waals surface area contributed by atoms with E-state index >= 15 is 0 Å². The zero-order valence-corrected chi connectivity index (χ0v) is 18.9. The molecule has 1 heterocycles. The van der Waals surface area contributed by atoms with Crippen LogP contribution in [0.5, 0.6) is 0 Å². The zero-order valence-electron chi connectivity index (χ0n) is 17.3. The number of thiophene rings is 1. The molecule has 0 saturated heterocycles. The van der Waals surface area contributed by atoms with Crippen LogP contribution in [0.4, 0.5) is 5.69 Å². The third kappa shape index (κ3) is 6.67. The Labute approximate surface area is 186 Å². The van der Waals surface area contributed by atoms with Crippen molar-refractivity contribution in [1.29, 1.82) is 0 Å². The molecule has 31 heavy (non-hydrogen) atoms. The van der Waals surface area contributed by atoms with Gasteiger partial charge in [0.1, 0.15) is 4.21 Å². The summed E-state index contributed by atoms with van der Waals surface area (Å²) in [5.74, 6) is -0.990. The summed E-state index contributed by atoms with van der Waals surface area (Å²) in [6.07, 6.45) is 6.74. The minimum absolute atomic E-state index is 0.204. The van der Waals surface area contributed by atoms with E-state index in [2.05, 4.69) is 16.1 Å². The lowest BCUT2D eigenvalue weighted by atomic mass is 9.97. The molecule has 0 saturated carbocycles. The van der Waals surface area contributed by atoms with Crippen LogP contribution in [-0.2, 0) is 19.6 Å². The number of rotatable bonds is 9. The Kier molecular flexibility index (Phi) is 7.86. The van der Waals surface area contributed by atoms with Gasteiger partial charge in [-0.15, -0.1) is 11.3 Å². The molecule has 3 rings (SSSR count). The Morgan fingerprint density at radius 1 is 1.16 bits per heavy atom. The van der Waals surface area contributed by atoms with Crippen LogP contribution < -0.4 is 10.0 Å². The van der Waals surface area contributed by atoms with E-state index in [-0.39, 0.29) is 15.7 Å². The molecule has 0 radical (unpaired) electrons. The van der Waals surface area contributed by atoms with Crippen LogP contribution in [0.25, 0.3) is 0 Å². The van der Waals surface area contributed by atoms with Gasteiger partial charge in [0.2, 0.25) is 0 Å². The molecule has 0 unspecified atom stereocenters. The van der Waals surface area contributed by atoms with Crippen molar-refractivity contribution in [2.24, 2.45) is 0 Å². The monoisotopic (exact) mass is 462 g/mol. The number of sulfonamides is 1. The average Bonchev–Trinajstić information content (AvgIpc) is 3.31. The Morgan fingerprint density at radius 2 is 1.94 bits per heavy atom. The summed E-state index contributed by atoms with van der Waals surface area (Å²) in [5, 5.41) is 4.48. The van der Waals surface area contributed by atoms with Gasteiger partial charge in [-0.2, -0.15) is 0 Å². The number of hydrogen-bond acceptors (Lipinski definition) is 6. The molecule has 1 aromatic heterocycles. The molecular weight excluding hydrogens is 436 g/mol. The smallest absolute Gasteiger partial charge is 0.338 e. The summed E-state index contributed by atoms with van der Waals surface area (Å²) in [5.41, 5.74) is 1.92. The summed E-state index contributed by atoms with van der Waals surface area (Å²) < 4.78 is 32.4. The molecule has 2 N–H and O–H groups in total.